The second-order valence-electron chi connectivity index (χ2n) is 13.3. The third-order valence-electron chi connectivity index (χ3n) is 10.8. The van der Waals surface area contributed by atoms with Gasteiger partial charge in [0.2, 0.25) is 0 Å². The van der Waals surface area contributed by atoms with Crippen LogP contribution in [0.25, 0.3) is 0 Å². The molecule has 4 fully saturated rings. The lowest BCUT2D eigenvalue weighted by Crippen LogP contribution is -2.35. The van der Waals surface area contributed by atoms with Gasteiger partial charge < -0.3 is 10.2 Å². The van der Waals surface area contributed by atoms with Crippen LogP contribution in [0.15, 0.2) is 35.5 Å². The predicted octanol–water partition coefficient (Wildman–Crippen LogP) is 8.25. The number of carbonyl (C=O) groups excluding carboxylic acids is 1. The van der Waals surface area contributed by atoms with Crippen LogP contribution in [0.5, 0.6) is 0 Å². The van der Waals surface area contributed by atoms with Crippen LogP contribution in [0.4, 0.5) is 0 Å². The number of unbranched alkanes of at least 4 members (excludes halogenated alkanes) is 4. The Hall–Kier alpha value is -1.19. The second kappa shape index (κ2) is 12.8. The van der Waals surface area contributed by atoms with Gasteiger partial charge in [-0.05, 0) is 100 Å². The number of hydrogen-bond donors (Lipinski definition) is 2. The van der Waals surface area contributed by atoms with Crippen LogP contribution in [0, 0.1) is 28.6 Å². The maximum atomic E-state index is 13.0. The Balaban J connectivity index is 1.35. The number of ketones is 1. The highest BCUT2D eigenvalue weighted by Crippen LogP contribution is 2.59. The molecule has 2 unspecified atom stereocenters. The van der Waals surface area contributed by atoms with Crippen LogP contribution in [-0.4, -0.2) is 28.2 Å². The molecule has 37 heavy (non-hydrogen) atoms. The molecule has 0 radical (unpaired) electrons. The summed E-state index contributed by atoms with van der Waals surface area (Å²) in [6.07, 6.45) is 26.7. The minimum absolute atomic E-state index is 0.148. The Kier molecular flexibility index (Phi) is 9.95. The van der Waals surface area contributed by atoms with E-state index in [1.54, 1.807) is 5.57 Å². The number of aliphatic hydroxyl groups is 2. The number of Topliss-reactive ketones (excluding diaryl/α,β-unsaturated/α-hetero) is 1. The van der Waals surface area contributed by atoms with Gasteiger partial charge in [-0.25, -0.2) is 0 Å². The molecule has 208 valence electrons. The number of allylic oxidation sites excluding steroid dienone is 4. The first-order chi connectivity index (χ1) is 17.8. The van der Waals surface area contributed by atoms with Gasteiger partial charge in [-0.1, -0.05) is 81.9 Å². The van der Waals surface area contributed by atoms with Crippen LogP contribution in [-0.2, 0) is 4.79 Å². The minimum Gasteiger partial charge on any atom is -0.393 e. The predicted molar refractivity (Wildman–Crippen MR) is 153 cm³/mol. The maximum absolute atomic E-state index is 13.0. The molecule has 3 heteroatoms. The van der Waals surface area contributed by atoms with E-state index < -0.39 is 11.5 Å². The van der Waals surface area contributed by atoms with Crippen molar-refractivity contribution in [2.75, 3.05) is 0 Å². The Morgan fingerprint density at radius 3 is 2.51 bits per heavy atom. The fourth-order valence-electron chi connectivity index (χ4n) is 8.20. The van der Waals surface area contributed by atoms with Gasteiger partial charge in [-0.2, -0.15) is 0 Å². The molecule has 6 atom stereocenters. The lowest BCUT2D eigenvalue weighted by atomic mass is 9.61. The van der Waals surface area contributed by atoms with Gasteiger partial charge in [-0.15, -0.1) is 0 Å². The Bertz CT molecular complexity index is 862. The van der Waals surface area contributed by atoms with E-state index in [1.807, 2.05) is 6.08 Å². The average molecular weight is 511 g/mol. The Morgan fingerprint density at radius 2 is 1.78 bits per heavy atom. The quantitative estimate of drug-likeness (QED) is 0.205. The van der Waals surface area contributed by atoms with Crippen molar-refractivity contribution in [2.45, 2.75) is 142 Å². The SMILES string of the molecule is CCCCCCCC(=O)C1(C(O)C=C[C@@H](C)[C@H]2CC[C@H]3C(=CC=C4CCCC(O)C4)CCC[C@]23C)CC1. The molecule has 2 N–H and O–H groups in total. The molecule has 0 heterocycles. The molecule has 0 amide bonds. The van der Waals surface area contributed by atoms with Gasteiger partial charge in [0.05, 0.1) is 17.6 Å². The molecule has 0 saturated heterocycles. The smallest absolute Gasteiger partial charge is 0.141 e. The molecule has 4 aliphatic carbocycles. The fraction of sp³-hybridized carbons (Fsp3) is 0.794. The van der Waals surface area contributed by atoms with Crippen LogP contribution in [0.1, 0.15) is 130 Å². The largest absolute Gasteiger partial charge is 0.393 e. The summed E-state index contributed by atoms with van der Waals surface area (Å²) in [7, 11) is 0. The molecule has 4 rings (SSSR count). The zero-order chi connectivity index (χ0) is 26.5. The summed E-state index contributed by atoms with van der Waals surface area (Å²) >= 11 is 0. The molecule has 0 aliphatic heterocycles. The molecule has 0 aromatic rings. The van der Waals surface area contributed by atoms with Crippen molar-refractivity contribution in [3.63, 3.8) is 0 Å². The number of carbonyl (C=O) groups is 1. The van der Waals surface area contributed by atoms with Gasteiger partial charge in [0.15, 0.2) is 0 Å². The zero-order valence-electron chi connectivity index (χ0n) is 24.0. The van der Waals surface area contributed by atoms with E-state index in [-0.39, 0.29) is 6.10 Å². The fourth-order valence-corrected chi connectivity index (χ4v) is 8.20. The van der Waals surface area contributed by atoms with Gasteiger partial charge in [0, 0.05) is 6.42 Å². The highest BCUT2D eigenvalue weighted by molar-refractivity contribution is 5.88. The molecule has 0 aromatic carbocycles. The van der Waals surface area contributed by atoms with E-state index >= 15 is 0 Å². The molecule has 4 aliphatic rings. The van der Waals surface area contributed by atoms with Gasteiger partial charge in [-0.3, -0.25) is 4.79 Å². The van der Waals surface area contributed by atoms with E-state index in [9.17, 15) is 15.0 Å². The lowest BCUT2D eigenvalue weighted by molar-refractivity contribution is -0.127. The molecule has 0 spiro atoms. The third-order valence-corrected chi connectivity index (χ3v) is 10.8. The monoisotopic (exact) mass is 510 g/mol. The van der Waals surface area contributed by atoms with Gasteiger partial charge in [0.1, 0.15) is 5.78 Å². The topological polar surface area (TPSA) is 57.5 Å². The van der Waals surface area contributed by atoms with Gasteiger partial charge in [0.25, 0.3) is 0 Å². The van der Waals surface area contributed by atoms with Crippen molar-refractivity contribution in [3.05, 3.63) is 35.5 Å². The van der Waals surface area contributed by atoms with E-state index in [1.165, 1.54) is 56.9 Å². The van der Waals surface area contributed by atoms with E-state index in [0.29, 0.717) is 35.4 Å². The van der Waals surface area contributed by atoms with Crippen molar-refractivity contribution >= 4 is 5.78 Å². The van der Waals surface area contributed by atoms with Crippen LogP contribution in [0.2, 0.25) is 0 Å². The first-order valence-corrected chi connectivity index (χ1v) is 15.8. The summed E-state index contributed by atoms with van der Waals surface area (Å²) in [4.78, 5) is 13.0. The van der Waals surface area contributed by atoms with E-state index in [4.69, 9.17) is 0 Å². The molecule has 0 bridgehead atoms. The van der Waals surface area contributed by atoms with E-state index in [0.717, 1.165) is 51.4 Å². The third kappa shape index (κ3) is 6.70. The van der Waals surface area contributed by atoms with Crippen molar-refractivity contribution in [1.29, 1.82) is 0 Å². The number of hydrogen-bond acceptors (Lipinski definition) is 3. The summed E-state index contributed by atoms with van der Waals surface area (Å²) in [6.45, 7) is 7.07. The first-order valence-electron chi connectivity index (χ1n) is 15.8. The zero-order valence-corrected chi connectivity index (χ0v) is 24.0. The molecule has 3 nitrogen and oxygen atoms in total. The minimum atomic E-state index is -0.623. The van der Waals surface area contributed by atoms with E-state index in [2.05, 4.69) is 39.0 Å². The highest BCUT2D eigenvalue weighted by Gasteiger charge is 2.54. The molecule has 4 saturated carbocycles. The number of fused-ring (bicyclic) bond motifs is 1. The Labute approximate surface area is 226 Å². The van der Waals surface area contributed by atoms with Crippen LogP contribution >= 0.6 is 0 Å². The normalized spacial score (nSPS) is 35.1. The summed E-state index contributed by atoms with van der Waals surface area (Å²) in [5.74, 6) is 1.99. The lowest BCUT2D eigenvalue weighted by Gasteiger charge is -2.44. The van der Waals surface area contributed by atoms with Crippen LogP contribution < -0.4 is 0 Å². The Morgan fingerprint density at radius 1 is 1.00 bits per heavy atom. The summed E-state index contributed by atoms with van der Waals surface area (Å²) in [5.41, 5.74) is 2.88. The van der Waals surface area contributed by atoms with Crippen molar-refractivity contribution in [1.82, 2.24) is 0 Å². The van der Waals surface area contributed by atoms with Crippen molar-refractivity contribution in [3.8, 4) is 0 Å². The van der Waals surface area contributed by atoms with Crippen molar-refractivity contribution in [2.24, 2.45) is 28.6 Å². The second-order valence-corrected chi connectivity index (χ2v) is 13.3. The average Bonchev–Trinajstić information content (AvgIpc) is 3.62. The molecular formula is C34H54O3. The number of aliphatic hydroxyl groups excluding tert-OH is 2. The summed E-state index contributed by atoms with van der Waals surface area (Å²) in [5, 5.41) is 21.1. The maximum Gasteiger partial charge on any atom is 0.141 e. The first kappa shape index (κ1) is 28.8. The standard InChI is InChI=1S/C34H54O3/c1-4-5-6-7-8-14-31(36)34(22-23-34)32(37)20-15-25(2)29-18-19-30-27(12-10-21-33(29,30)3)17-16-26-11-9-13-28(35)24-26/h15-17,20,25,28-30,32,35,37H,4-14,18-19,21-24H2,1-3H3/t25-,28?,29-,30+,32?,33-/m1/s1. The highest BCUT2D eigenvalue weighted by atomic mass is 16.3. The summed E-state index contributed by atoms with van der Waals surface area (Å²) in [6, 6.07) is 0. The molecular weight excluding hydrogens is 456 g/mol. The van der Waals surface area contributed by atoms with Crippen LogP contribution in [0.3, 0.4) is 0 Å². The molecule has 0 aromatic heterocycles. The summed E-state index contributed by atoms with van der Waals surface area (Å²) < 4.78 is 0. The van der Waals surface area contributed by atoms with Crippen molar-refractivity contribution < 1.29 is 15.0 Å². The van der Waals surface area contributed by atoms with Gasteiger partial charge >= 0.3 is 0 Å². The number of rotatable bonds is 12.